The molecule has 4 heteroatoms. The number of benzene rings is 5. The molecular weight excluding hydrogens is 512 g/mol. The number of aromatic nitrogens is 2. The summed E-state index contributed by atoms with van der Waals surface area (Å²) in [6, 6.07) is 40.0. The molecule has 4 nitrogen and oxygen atoms in total. The standard InChI is InChI=1S/C38H22N4/c1-40-36-24-42-19-17-31(36)26-9-7-11-28(21-26)38-34-14-4-2-12-32(34)37(33-13-3-5-15-35(33)38)27-10-6-8-25(20-27)30-16-18-41-23-29(30)22-39/h2-21,23-24H. The number of hydrogen-bond acceptors (Lipinski definition) is 3. The van der Waals surface area contributed by atoms with Gasteiger partial charge in [0.25, 0.3) is 0 Å². The Kier molecular flexibility index (Phi) is 6.21. The van der Waals surface area contributed by atoms with E-state index in [1.807, 2.05) is 24.3 Å². The fourth-order valence-corrected chi connectivity index (χ4v) is 5.89. The molecule has 5 aromatic carbocycles. The van der Waals surface area contributed by atoms with Crippen LogP contribution in [0.25, 0.3) is 70.9 Å². The van der Waals surface area contributed by atoms with Crippen molar-refractivity contribution in [3.8, 4) is 50.6 Å². The fourth-order valence-electron chi connectivity index (χ4n) is 5.89. The molecule has 0 amide bonds. The zero-order valence-electron chi connectivity index (χ0n) is 22.5. The van der Waals surface area contributed by atoms with Crippen LogP contribution >= 0.6 is 0 Å². The molecule has 0 fully saturated rings. The lowest BCUT2D eigenvalue weighted by Crippen LogP contribution is -1.92. The molecule has 0 radical (unpaired) electrons. The second-order valence-electron chi connectivity index (χ2n) is 10.0. The van der Waals surface area contributed by atoms with Gasteiger partial charge in [0.15, 0.2) is 0 Å². The summed E-state index contributed by atoms with van der Waals surface area (Å²) < 4.78 is 0. The van der Waals surface area contributed by atoms with Gasteiger partial charge in [-0.2, -0.15) is 5.26 Å². The van der Waals surface area contributed by atoms with E-state index in [1.165, 1.54) is 0 Å². The second-order valence-corrected chi connectivity index (χ2v) is 10.0. The summed E-state index contributed by atoms with van der Waals surface area (Å²) in [6.07, 6.45) is 6.69. The van der Waals surface area contributed by atoms with Gasteiger partial charge >= 0.3 is 0 Å². The Morgan fingerprint density at radius 2 is 1.02 bits per heavy atom. The third-order valence-corrected chi connectivity index (χ3v) is 7.72. The summed E-state index contributed by atoms with van der Waals surface area (Å²) in [6.45, 7) is 7.63. The van der Waals surface area contributed by atoms with Crippen LogP contribution < -0.4 is 0 Å². The monoisotopic (exact) mass is 534 g/mol. The van der Waals surface area contributed by atoms with Crippen molar-refractivity contribution in [2.24, 2.45) is 0 Å². The van der Waals surface area contributed by atoms with Crippen molar-refractivity contribution in [3.05, 3.63) is 151 Å². The topological polar surface area (TPSA) is 53.9 Å². The first-order valence-corrected chi connectivity index (χ1v) is 13.6. The van der Waals surface area contributed by atoms with Gasteiger partial charge in [-0.15, -0.1) is 0 Å². The molecule has 194 valence electrons. The minimum absolute atomic E-state index is 0.536. The molecule has 0 bridgehead atoms. The van der Waals surface area contributed by atoms with Crippen LogP contribution in [-0.2, 0) is 0 Å². The molecule has 0 unspecified atom stereocenters. The third-order valence-electron chi connectivity index (χ3n) is 7.72. The maximum Gasteiger partial charge on any atom is 0.212 e. The van der Waals surface area contributed by atoms with E-state index in [1.54, 1.807) is 24.8 Å². The molecule has 0 aliphatic carbocycles. The first-order chi connectivity index (χ1) is 20.8. The molecule has 0 aliphatic rings. The lowest BCUT2D eigenvalue weighted by atomic mass is 9.85. The van der Waals surface area contributed by atoms with Gasteiger partial charge in [-0.3, -0.25) is 9.97 Å². The molecule has 0 N–H and O–H groups in total. The SMILES string of the molecule is [C-]#[N+]c1cnccc1-c1cccc(-c2c3ccccc3c(-c3cccc(-c4ccncc4C#N)c3)c3ccccc23)c1. The zero-order valence-corrected chi connectivity index (χ0v) is 22.5. The van der Waals surface area contributed by atoms with Crippen LogP contribution in [0.4, 0.5) is 5.69 Å². The van der Waals surface area contributed by atoms with Crippen LogP contribution in [0.2, 0.25) is 0 Å². The van der Waals surface area contributed by atoms with Crippen LogP contribution in [0.3, 0.4) is 0 Å². The number of pyridine rings is 2. The van der Waals surface area contributed by atoms with E-state index in [2.05, 4.69) is 106 Å². The first kappa shape index (κ1) is 24.9. The molecule has 0 saturated carbocycles. The number of rotatable bonds is 4. The van der Waals surface area contributed by atoms with Crippen LogP contribution in [0.1, 0.15) is 5.56 Å². The summed E-state index contributed by atoms with van der Waals surface area (Å²) in [5, 5.41) is 14.3. The molecule has 2 aromatic heterocycles. The van der Waals surface area contributed by atoms with Crippen molar-refractivity contribution >= 4 is 27.2 Å². The first-order valence-electron chi connectivity index (χ1n) is 13.6. The summed E-state index contributed by atoms with van der Waals surface area (Å²) in [5.41, 5.74) is 9.26. The Morgan fingerprint density at radius 3 is 1.55 bits per heavy atom. The lowest BCUT2D eigenvalue weighted by molar-refractivity contribution is 1.30. The Balaban J connectivity index is 1.50. The van der Waals surface area contributed by atoms with E-state index in [-0.39, 0.29) is 0 Å². The Bertz CT molecular complexity index is 2020. The second kappa shape index (κ2) is 10.5. The van der Waals surface area contributed by atoms with Gasteiger partial charge in [-0.05, 0) is 84.8 Å². The molecule has 7 rings (SSSR count). The summed E-state index contributed by atoms with van der Waals surface area (Å²) >= 11 is 0. The third kappa shape index (κ3) is 4.16. The fraction of sp³-hybridized carbons (Fsp3) is 0. The predicted octanol–water partition coefficient (Wildman–Crippen LogP) is 9.87. The largest absolute Gasteiger partial charge is 0.276 e. The molecule has 0 saturated heterocycles. The average molecular weight is 535 g/mol. The number of nitrogens with zero attached hydrogens (tertiary/aromatic N) is 4. The highest BCUT2D eigenvalue weighted by atomic mass is 14.7. The van der Waals surface area contributed by atoms with Gasteiger partial charge in [0.2, 0.25) is 5.69 Å². The molecular formula is C38H22N4. The van der Waals surface area contributed by atoms with Crippen molar-refractivity contribution in [1.82, 2.24) is 9.97 Å². The quantitative estimate of drug-likeness (QED) is 0.167. The van der Waals surface area contributed by atoms with Gasteiger partial charge in [-0.1, -0.05) is 84.9 Å². The van der Waals surface area contributed by atoms with Crippen molar-refractivity contribution in [1.29, 1.82) is 5.26 Å². The Morgan fingerprint density at radius 1 is 0.548 bits per heavy atom. The molecule has 42 heavy (non-hydrogen) atoms. The number of fused-ring (bicyclic) bond motifs is 2. The van der Waals surface area contributed by atoms with Gasteiger partial charge in [0.1, 0.15) is 6.07 Å². The highest BCUT2D eigenvalue weighted by Gasteiger charge is 2.18. The summed E-state index contributed by atoms with van der Waals surface area (Å²) in [7, 11) is 0. The highest BCUT2D eigenvalue weighted by Crippen LogP contribution is 2.45. The van der Waals surface area contributed by atoms with E-state index < -0.39 is 0 Å². The van der Waals surface area contributed by atoms with Crippen molar-refractivity contribution in [3.63, 3.8) is 0 Å². The van der Waals surface area contributed by atoms with Gasteiger partial charge in [0, 0.05) is 30.4 Å². The van der Waals surface area contributed by atoms with Crippen LogP contribution in [0.15, 0.2) is 134 Å². The number of nitriles is 1. The molecule has 0 spiro atoms. The zero-order chi connectivity index (χ0) is 28.5. The minimum atomic E-state index is 0.536. The normalized spacial score (nSPS) is 10.8. The maximum atomic E-state index is 9.70. The van der Waals surface area contributed by atoms with E-state index >= 15 is 0 Å². The molecule has 0 aliphatic heterocycles. The van der Waals surface area contributed by atoms with Crippen LogP contribution in [0, 0.1) is 17.9 Å². The van der Waals surface area contributed by atoms with Crippen LogP contribution in [0.5, 0.6) is 0 Å². The van der Waals surface area contributed by atoms with Gasteiger partial charge in [-0.25, -0.2) is 4.85 Å². The summed E-state index contributed by atoms with van der Waals surface area (Å²) in [5.74, 6) is 0. The highest BCUT2D eigenvalue weighted by molar-refractivity contribution is 6.21. The van der Waals surface area contributed by atoms with E-state index in [0.717, 1.165) is 66.1 Å². The van der Waals surface area contributed by atoms with Crippen LogP contribution in [-0.4, -0.2) is 9.97 Å². The molecule has 0 atom stereocenters. The smallest absolute Gasteiger partial charge is 0.212 e. The number of hydrogen-bond donors (Lipinski definition) is 0. The lowest BCUT2D eigenvalue weighted by Gasteiger charge is -2.18. The van der Waals surface area contributed by atoms with Crippen molar-refractivity contribution < 1.29 is 0 Å². The van der Waals surface area contributed by atoms with E-state index in [9.17, 15) is 5.26 Å². The van der Waals surface area contributed by atoms with Gasteiger partial charge in [0.05, 0.1) is 12.1 Å². The van der Waals surface area contributed by atoms with E-state index in [0.29, 0.717) is 11.3 Å². The van der Waals surface area contributed by atoms with Gasteiger partial charge < -0.3 is 0 Å². The van der Waals surface area contributed by atoms with Crippen molar-refractivity contribution in [2.75, 3.05) is 0 Å². The maximum absolute atomic E-state index is 9.70. The predicted molar refractivity (Wildman–Crippen MR) is 170 cm³/mol. The van der Waals surface area contributed by atoms with Crippen molar-refractivity contribution in [2.45, 2.75) is 0 Å². The minimum Gasteiger partial charge on any atom is -0.276 e. The van der Waals surface area contributed by atoms with E-state index in [4.69, 9.17) is 6.57 Å². The Hall–Kier alpha value is -6.10. The molecule has 7 aromatic rings. The summed E-state index contributed by atoms with van der Waals surface area (Å²) in [4.78, 5) is 12.0. The Labute approximate surface area is 243 Å². The average Bonchev–Trinajstić information content (AvgIpc) is 3.07. The molecule has 2 heterocycles.